The predicted molar refractivity (Wildman–Crippen MR) is 84.9 cm³/mol. The van der Waals surface area contributed by atoms with Gasteiger partial charge in [-0.25, -0.2) is 0 Å². The van der Waals surface area contributed by atoms with Crippen molar-refractivity contribution < 1.29 is 9.53 Å². The number of methoxy groups -OCH3 is 1. The number of carbonyl (C=O) groups excluding carboxylic acids is 1. The third-order valence-corrected chi connectivity index (χ3v) is 3.92. The molecule has 0 heterocycles. The summed E-state index contributed by atoms with van der Waals surface area (Å²) >= 11 is 0. The highest BCUT2D eigenvalue weighted by Crippen LogP contribution is 2.18. The van der Waals surface area contributed by atoms with Crippen LogP contribution in [-0.2, 0) is 9.53 Å². The molecule has 1 N–H and O–H groups in total. The third-order valence-electron chi connectivity index (χ3n) is 3.92. The van der Waals surface area contributed by atoms with Crippen LogP contribution in [0.25, 0.3) is 0 Å². The van der Waals surface area contributed by atoms with Crippen molar-refractivity contribution in [2.75, 3.05) is 27.2 Å². The van der Waals surface area contributed by atoms with Gasteiger partial charge in [0.15, 0.2) is 0 Å². The third kappa shape index (κ3) is 6.71. The molecule has 0 spiro atoms. The first kappa shape index (κ1) is 19.4. The first-order valence-corrected chi connectivity index (χ1v) is 7.80. The minimum atomic E-state index is -0.601. The van der Waals surface area contributed by atoms with Crippen LogP contribution in [0.2, 0.25) is 0 Å². The molecule has 0 aliphatic carbocycles. The van der Waals surface area contributed by atoms with E-state index < -0.39 is 5.54 Å². The van der Waals surface area contributed by atoms with Crippen molar-refractivity contribution in [1.29, 1.82) is 0 Å². The van der Waals surface area contributed by atoms with Gasteiger partial charge in [-0.1, -0.05) is 20.8 Å². The maximum absolute atomic E-state index is 12.1. The summed E-state index contributed by atoms with van der Waals surface area (Å²) in [5, 5.41) is 3.35. The van der Waals surface area contributed by atoms with Crippen molar-refractivity contribution in [3.8, 4) is 0 Å². The van der Waals surface area contributed by atoms with Gasteiger partial charge in [0, 0.05) is 6.04 Å². The summed E-state index contributed by atoms with van der Waals surface area (Å²) in [5.41, 5.74) is -0.601. The molecule has 0 saturated heterocycles. The van der Waals surface area contributed by atoms with Crippen LogP contribution in [0, 0.1) is 5.92 Å². The maximum Gasteiger partial charge on any atom is 0.325 e. The smallest absolute Gasteiger partial charge is 0.325 e. The van der Waals surface area contributed by atoms with Crippen molar-refractivity contribution in [3.05, 3.63) is 0 Å². The van der Waals surface area contributed by atoms with E-state index in [2.05, 4.69) is 45.0 Å². The maximum atomic E-state index is 12.1. The first-order valence-electron chi connectivity index (χ1n) is 7.80. The SMILES string of the molecule is CCCNC(C)(CC(C)N(C)CCC(C)C)C(=O)OC. The number of hydrogen-bond acceptors (Lipinski definition) is 4. The fourth-order valence-electron chi connectivity index (χ4n) is 2.28. The van der Waals surface area contributed by atoms with Gasteiger partial charge in [0.1, 0.15) is 5.54 Å². The lowest BCUT2D eigenvalue weighted by Crippen LogP contribution is -2.54. The number of esters is 1. The number of ether oxygens (including phenoxy) is 1. The summed E-state index contributed by atoms with van der Waals surface area (Å²) in [4.78, 5) is 14.4. The second-order valence-electron chi connectivity index (χ2n) is 6.47. The van der Waals surface area contributed by atoms with Crippen LogP contribution in [0.15, 0.2) is 0 Å². The first-order chi connectivity index (χ1) is 9.26. The largest absolute Gasteiger partial charge is 0.468 e. The van der Waals surface area contributed by atoms with Crippen molar-refractivity contribution in [2.24, 2.45) is 5.92 Å². The van der Waals surface area contributed by atoms with Crippen molar-refractivity contribution in [1.82, 2.24) is 10.2 Å². The van der Waals surface area contributed by atoms with Crippen LogP contribution < -0.4 is 5.32 Å². The van der Waals surface area contributed by atoms with E-state index in [4.69, 9.17) is 4.74 Å². The molecule has 0 saturated carbocycles. The molecule has 0 aromatic carbocycles. The van der Waals surface area contributed by atoms with Crippen LogP contribution in [-0.4, -0.2) is 49.7 Å². The highest BCUT2D eigenvalue weighted by atomic mass is 16.5. The quantitative estimate of drug-likeness (QED) is 0.627. The molecule has 4 nitrogen and oxygen atoms in total. The minimum absolute atomic E-state index is 0.171. The average Bonchev–Trinajstić information content (AvgIpc) is 2.41. The summed E-state index contributed by atoms with van der Waals surface area (Å²) in [6, 6.07) is 0.335. The Balaban J connectivity index is 4.59. The second kappa shape index (κ2) is 9.35. The van der Waals surface area contributed by atoms with E-state index >= 15 is 0 Å². The highest BCUT2D eigenvalue weighted by molar-refractivity contribution is 5.80. The molecule has 0 amide bonds. The van der Waals surface area contributed by atoms with Gasteiger partial charge >= 0.3 is 5.97 Å². The van der Waals surface area contributed by atoms with Crippen LogP contribution >= 0.6 is 0 Å². The average molecular weight is 286 g/mol. The van der Waals surface area contributed by atoms with Gasteiger partial charge in [-0.05, 0) is 59.2 Å². The molecular formula is C16H34N2O2. The Morgan fingerprint density at radius 3 is 2.40 bits per heavy atom. The van der Waals surface area contributed by atoms with Gasteiger partial charge in [-0.2, -0.15) is 0 Å². The van der Waals surface area contributed by atoms with E-state index in [0.29, 0.717) is 12.0 Å². The molecule has 20 heavy (non-hydrogen) atoms. The number of hydrogen-bond donors (Lipinski definition) is 1. The van der Waals surface area contributed by atoms with E-state index in [1.807, 2.05) is 6.92 Å². The molecule has 2 unspecified atom stereocenters. The molecule has 120 valence electrons. The summed E-state index contributed by atoms with van der Waals surface area (Å²) in [7, 11) is 3.59. The zero-order chi connectivity index (χ0) is 15.8. The normalized spacial score (nSPS) is 16.2. The minimum Gasteiger partial charge on any atom is -0.468 e. The van der Waals surface area contributed by atoms with Crippen LogP contribution in [0.3, 0.4) is 0 Å². The Bertz CT molecular complexity index is 282. The lowest BCUT2D eigenvalue weighted by atomic mass is 9.92. The van der Waals surface area contributed by atoms with E-state index in [0.717, 1.165) is 25.9 Å². The lowest BCUT2D eigenvalue weighted by molar-refractivity contribution is -0.148. The molecule has 0 aliphatic rings. The van der Waals surface area contributed by atoms with Crippen molar-refractivity contribution in [2.45, 2.75) is 65.5 Å². The Kier molecular flexibility index (Phi) is 9.06. The molecule has 0 fully saturated rings. The molecule has 0 rings (SSSR count). The van der Waals surface area contributed by atoms with Crippen LogP contribution in [0.4, 0.5) is 0 Å². The predicted octanol–water partition coefficient (Wildman–Crippen LogP) is 2.67. The van der Waals surface area contributed by atoms with Crippen molar-refractivity contribution >= 4 is 5.97 Å². The molecule has 0 aliphatic heterocycles. The summed E-state index contributed by atoms with van der Waals surface area (Å²) in [6.07, 6.45) is 2.94. The molecule has 4 heteroatoms. The second-order valence-corrected chi connectivity index (χ2v) is 6.47. The van der Waals surface area contributed by atoms with E-state index in [-0.39, 0.29) is 5.97 Å². The van der Waals surface area contributed by atoms with Gasteiger partial charge in [-0.15, -0.1) is 0 Å². The number of carbonyl (C=O) groups is 1. The Hall–Kier alpha value is -0.610. The number of nitrogens with zero attached hydrogens (tertiary/aromatic N) is 1. The fourth-order valence-corrected chi connectivity index (χ4v) is 2.28. The number of nitrogens with one attached hydrogen (secondary N) is 1. The zero-order valence-electron chi connectivity index (χ0n) is 14.5. The van der Waals surface area contributed by atoms with E-state index in [1.165, 1.54) is 13.5 Å². The van der Waals surface area contributed by atoms with Gasteiger partial charge in [0.25, 0.3) is 0 Å². The van der Waals surface area contributed by atoms with E-state index in [9.17, 15) is 4.79 Å². The Morgan fingerprint density at radius 2 is 1.95 bits per heavy atom. The molecule has 0 aromatic heterocycles. The molecule has 0 bridgehead atoms. The van der Waals surface area contributed by atoms with Crippen LogP contribution in [0.5, 0.6) is 0 Å². The Labute approximate surface area is 125 Å². The van der Waals surface area contributed by atoms with E-state index in [1.54, 1.807) is 0 Å². The summed E-state index contributed by atoms with van der Waals surface area (Å²) in [6.45, 7) is 12.6. The van der Waals surface area contributed by atoms with Crippen molar-refractivity contribution in [3.63, 3.8) is 0 Å². The standard InChI is InChI=1S/C16H34N2O2/c1-8-10-17-16(5,15(19)20-7)12-14(4)18(6)11-9-13(2)3/h13-14,17H,8-12H2,1-7H3. The van der Waals surface area contributed by atoms with Gasteiger partial charge in [-0.3, -0.25) is 4.79 Å². The summed E-state index contributed by atoms with van der Waals surface area (Å²) in [5.74, 6) is 0.532. The van der Waals surface area contributed by atoms with Crippen LogP contribution in [0.1, 0.15) is 53.9 Å². The highest BCUT2D eigenvalue weighted by Gasteiger charge is 2.35. The fraction of sp³-hybridized carbons (Fsp3) is 0.938. The molecule has 2 atom stereocenters. The molecule has 0 aromatic rings. The molecular weight excluding hydrogens is 252 g/mol. The van der Waals surface area contributed by atoms with Gasteiger partial charge in [0.05, 0.1) is 7.11 Å². The topological polar surface area (TPSA) is 41.6 Å². The molecule has 0 radical (unpaired) electrons. The lowest BCUT2D eigenvalue weighted by Gasteiger charge is -2.34. The monoisotopic (exact) mass is 286 g/mol. The Morgan fingerprint density at radius 1 is 1.35 bits per heavy atom. The van der Waals surface area contributed by atoms with Gasteiger partial charge < -0.3 is 15.0 Å². The number of rotatable bonds is 10. The zero-order valence-corrected chi connectivity index (χ0v) is 14.5. The van der Waals surface area contributed by atoms with Gasteiger partial charge in [0.2, 0.25) is 0 Å². The summed E-state index contributed by atoms with van der Waals surface area (Å²) < 4.78 is 4.97.